The van der Waals surface area contributed by atoms with Crippen LogP contribution in [0.25, 0.3) is 0 Å². The predicted molar refractivity (Wildman–Crippen MR) is 121 cm³/mol. The molecular weight excluding hydrogens is 454 g/mol. The van der Waals surface area contributed by atoms with Gasteiger partial charge in [0.05, 0.1) is 17.7 Å². The van der Waals surface area contributed by atoms with Crippen LogP contribution in [-0.4, -0.2) is 49.5 Å². The van der Waals surface area contributed by atoms with E-state index in [-0.39, 0.29) is 18.3 Å². The quantitative estimate of drug-likeness (QED) is 0.150. The number of benzene rings is 2. The van der Waals surface area contributed by atoms with Gasteiger partial charge in [-0.15, -0.1) is 0 Å². The van der Waals surface area contributed by atoms with Crippen LogP contribution in [-0.2, 0) is 24.4 Å². The number of guanidine groups is 1. The molecule has 0 aliphatic heterocycles. The van der Waals surface area contributed by atoms with Gasteiger partial charge in [-0.25, -0.2) is 4.79 Å². The van der Waals surface area contributed by atoms with Crippen molar-refractivity contribution in [2.75, 3.05) is 18.2 Å². The molecule has 0 radical (unpaired) electrons. The molecule has 33 heavy (non-hydrogen) atoms. The van der Waals surface area contributed by atoms with Gasteiger partial charge in [0.15, 0.2) is 11.7 Å². The summed E-state index contributed by atoms with van der Waals surface area (Å²) >= 11 is 0. The summed E-state index contributed by atoms with van der Waals surface area (Å²) in [4.78, 5) is 35.0. The maximum Gasteiger partial charge on any atom is 0.343 e. The number of carbonyl (C=O) groups excluding carboxylic acids is 3. The number of hydrogen-bond donors (Lipinski definition) is 4. The molecule has 1 atom stereocenters. The molecule has 0 aliphatic rings. The van der Waals surface area contributed by atoms with Crippen LogP contribution in [0, 0.1) is 5.41 Å². The van der Waals surface area contributed by atoms with Gasteiger partial charge in [0.2, 0.25) is 0 Å². The number of anilines is 1. The first-order valence-electron chi connectivity index (χ1n) is 9.38. The summed E-state index contributed by atoms with van der Waals surface area (Å²) in [5.74, 6) is -1.70. The highest BCUT2D eigenvalue weighted by Crippen LogP contribution is 2.21. The molecule has 0 bridgehead atoms. The summed E-state index contributed by atoms with van der Waals surface area (Å²) < 4.78 is 36.1. The molecule has 0 aromatic heterocycles. The van der Waals surface area contributed by atoms with Crippen LogP contribution in [0.4, 0.5) is 5.69 Å². The van der Waals surface area contributed by atoms with Crippen LogP contribution >= 0.6 is 0 Å². The third-order valence-corrected chi connectivity index (χ3v) is 3.76. The van der Waals surface area contributed by atoms with E-state index in [0.717, 1.165) is 0 Å². The van der Waals surface area contributed by atoms with Crippen LogP contribution in [0.5, 0.6) is 5.75 Å². The maximum absolute atomic E-state index is 12.2. The molecule has 2 rings (SSSR count). The van der Waals surface area contributed by atoms with Crippen molar-refractivity contribution in [3.8, 4) is 5.75 Å². The molecule has 0 saturated carbocycles. The van der Waals surface area contributed by atoms with E-state index in [4.69, 9.17) is 25.2 Å². The van der Waals surface area contributed by atoms with E-state index in [0.29, 0.717) is 28.8 Å². The van der Waals surface area contributed by atoms with Gasteiger partial charge in [-0.3, -0.25) is 19.6 Å². The van der Waals surface area contributed by atoms with Gasteiger partial charge in [0.1, 0.15) is 12.4 Å². The topological polar surface area (TPSA) is 186 Å². The van der Waals surface area contributed by atoms with Crippen LogP contribution in [0.3, 0.4) is 0 Å². The molecule has 178 valence electrons. The fourth-order valence-electron chi connectivity index (χ4n) is 2.27. The molecule has 2 aromatic carbocycles. The number of nitrogens with two attached hydrogens (primary N) is 1. The van der Waals surface area contributed by atoms with Gasteiger partial charge in [-0.2, -0.15) is 8.42 Å². The predicted octanol–water partition coefficient (Wildman–Crippen LogP) is 1.95. The first-order chi connectivity index (χ1) is 15.3. The average Bonchev–Trinajstić information content (AvgIpc) is 2.71. The van der Waals surface area contributed by atoms with Gasteiger partial charge in [-0.1, -0.05) is 12.1 Å². The number of esters is 2. The zero-order chi connectivity index (χ0) is 25.2. The Morgan fingerprint density at radius 1 is 1.09 bits per heavy atom. The summed E-state index contributed by atoms with van der Waals surface area (Å²) in [6, 6.07) is 12.8. The van der Waals surface area contributed by atoms with E-state index in [9.17, 15) is 22.8 Å². The normalized spacial score (nSPS) is 11.3. The summed E-state index contributed by atoms with van der Waals surface area (Å²) in [6.07, 6.45) is 0.715. The molecule has 0 unspecified atom stereocenters. The molecule has 2 aromatic rings. The van der Waals surface area contributed by atoms with Crippen molar-refractivity contribution in [1.29, 1.82) is 5.41 Å². The van der Waals surface area contributed by atoms with Gasteiger partial charge in [0, 0.05) is 5.69 Å². The molecule has 0 saturated heterocycles. The Balaban J connectivity index is 0.000000981. The lowest BCUT2D eigenvalue weighted by Gasteiger charge is -2.12. The minimum atomic E-state index is -3.67. The molecular formula is C21H25N3O8S. The molecule has 0 spiro atoms. The third kappa shape index (κ3) is 11.4. The second-order valence-corrected chi connectivity index (χ2v) is 8.31. The summed E-state index contributed by atoms with van der Waals surface area (Å²) in [7, 11) is -3.67. The lowest BCUT2D eigenvalue weighted by molar-refractivity contribution is -0.148. The minimum Gasteiger partial charge on any atom is -0.457 e. The Morgan fingerprint density at radius 3 is 2.06 bits per heavy atom. The zero-order valence-electron chi connectivity index (χ0n) is 18.2. The number of ketones is 1. The first-order valence-corrected chi connectivity index (χ1v) is 11.2. The number of Topliss-reactive ketones (excluding diaryl/α,β-unsaturated/α-hetero) is 1. The van der Waals surface area contributed by atoms with Crippen LogP contribution in [0.2, 0.25) is 0 Å². The Labute approximate surface area is 191 Å². The second kappa shape index (κ2) is 12.3. The number of hydrogen-bond acceptors (Lipinski definition) is 8. The standard InChI is InChI=1S/C20H21N3O5.CH4O3S/c1-12(24)11-27-18(25)13(2)14-5-9-17(10-6-14)28-19(26)15-3-7-16(8-4-15)23-20(21)22;1-5(2,3)4/h3-10,13H,11H2,1-2H3,(H4,21,22,23);1H3,(H,2,3,4)/t13-;/m0./s1. The summed E-state index contributed by atoms with van der Waals surface area (Å²) in [6.45, 7) is 2.76. The van der Waals surface area contributed by atoms with Gasteiger partial charge in [0.25, 0.3) is 10.1 Å². The number of carbonyl (C=O) groups is 3. The molecule has 0 fully saturated rings. The van der Waals surface area contributed by atoms with Crippen LogP contribution < -0.4 is 15.8 Å². The second-order valence-electron chi connectivity index (χ2n) is 6.84. The smallest absolute Gasteiger partial charge is 0.343 e. The van der Waals surface area contributed by atoms with Gasteiger partial charge < -0.3 is 20.5 Å². The zero-order valence-corrected chi connectivity index (χ0v) is 19.0. The Kier molecular flexibility index (Phi) is 10.2. The van der Waals surface area contributed by atoms with Crippen molar-refractivity contribution in [3.05, 3.63) is 59.7 Å². The van der Waals surface area contributed by atoms with E-state index in [2.05, 4.69) is 5.32 Å². The fourth-order valence-corrected chi connectivity index (χ4v) is 2.27. The highest BCUT2D eigenvalue weighted by Gasteiger charge is 2.18. The number of rotatable bonds is 7. The summed E-state index contributed by atoms with van der Waals surface area (Å²) in [5.41, 5.74) is 6.83. The van der Waals surface area contributed by atoms with Crippen LogP contribution in [0.15, 0.2) is 48.5 Å². The van der Waals surface area contributed by atoms with Crippen molar-refractivity contribution >= 4 is 39.5 Å². The Bertz CT molecular complexity index is 1090. The van der Waals surface area contributed by atoms with Crippen LogP contribution in [0.1, 0.15) is 35.7 Å². The van der Waals surface area contributed by atoms with Crippen molar-refractivity contribution in [3.63, 3.8) is 0 Å². The minimum absolute atomic E-state index is 0.199. The van der Waals surface area contributed by atoms with Gasteiger partial charge >= 0.3 is 11.9 Å². The fraction of sp³-hybridized carbons (Fsp3) is 0.238. The monoisotopic (exact) mass is 479 g/mol. The van der Waals surface area contributed by atoms with Crippen molar-refractivity contribution in [2.45, 2.75) is 19.8 Å². The number of ether oxygens (including phenoxy) is 2. The van der Waals surface area contributed by atoms with Gasteiger partial charge in [-0.05, 0) is 55.8 Å². The molecule has 5 N–H and O–H groups in total. The van der Waals surface area contributed by atoms with E-state index in [1.807, 2.05) is 0 Å². The Morgan fingerprint density at radius 2 is 1.61 bits per heavy atom. The molecule has 0 amide bonds. The molecule has 11 nitrogen and oxygen atoms in total. The largest absolute Gasteiger partial charge is 0.457 e. The lowest BCUT2D eigenvalue weighted by atomic mass is 10.0. The lowest BCUT2D eigenvalue weighted by Crippen LogP contribution is -2.20. The first kappa shape index (κ1) is 27.3. The molecule has 0 aliphatic carbocycles. The Hall–Kier alpha value is -3.77. The van der Waals surface area contributed by atoms with E-state index in [1.54, 1.807) is 55.5 Å². The molecule has 12 heteroatoms. The van der Waals surface area contributed by atoms with Crippen molar-refractivity contribution in [2.24, 2.45) is 5.73 Å². The third-order valence-electron chi connectivity index (χ3n) is 3.76. The average molecular weight is 480 g/mol. The SMILES string of the molecule is CC(=O)COC(=O)[C@@H](C)c1ccc(OC(=O)c2ccc(NC(=N)N)cc2)cc1.CS(=O)(=O)O. The number of nitrogens with one attached hydrogen (secondary N) is 2. The van der Waals surface area contributed by atoms with E-state index in [1.165, 1.54) is 6.92 Å². The maximum atomic E-state index is 12.2. The highest BCUT2D eigenvalue weighted by molar-refractivity contribution is 7.85. The molecule has 0 heterocycles. The highest BCUT2D eigenvalue weighted by atomic mass is 32.2. The van der Waals surface area contributed by atoms with E-state index >= 15 is 0 Å². The van der Waals surface area contributed by atoms with Crippen molar-refractivity contribution in [1.82, 2.24) is 0 Å². The van der Waals surface area contributed by atoms with Crippen molar-refractivity contribution < 1.29 is 36.8 Å². The summed E-state index contributed by atoms with van der Waals surface area (Å²) in [5, 5.41) is 9.78. The van der Waals surface area contributed by atoms with E-state index < -0.39 is 28.0 Å².